The van der Waals surface area contributed by atoms with Gasteiger partial charge in [-0.2, -0.15) is 10.5 Å². The van der Waals surface area contributed by atoms with Crippen molar-refractivity contribution in [2.24, 2.45) is 11.3 Å². The molecule has 94 valence electrons. The number of thiol groups is 1. The fourth-order valence-corrected chi connectivity index (χ4v) is 3.17. The molecule has 0 radical (unpaired) electrons. The van der Waals surface area contributed by atoms with Crippen LogP contribution in [0.4, 0.5) is 0 Å². The molecule has 1 N–H and O–H groups in total. The summed E-state index contributed by atoms with van der Waals surface area (Å²) in [5.74, 6) is -1.14. The molecule has 0 saturated carbocycles. The van der Waals surface area contributed by atoms with Crippen LogP contribution in [0.25, 0.3) is 0 Å². The lowest BCUT2D eigenvalue weighted by atomic mass is 9.63. The molecule has 1 spiro atoms. The Kier molecular flexibility index (Phi) is 3.34. The van der Waals surface area contributed by atoms with Crippen LogP contribution in [0, 0.1) is 34.0 Å². The molecule has 1 amide bonds. The summed E-state index contributed by atoms with van der Waals surface area (Å²) < 4.78 is 0. The van der Waals surface area contributed by atoms with Gasteiger partial charge in [-0.3, -0.25) is 4.79 Å². The molecule has 5 nitrogen and oxygen atoms in total. The van der Waals surface area contributed by atoms with Crippen LogP contribution in [0.5, 0.6) is 0 Å². The van der Waals surface area contributed by atoms with Crippen LogP contribution >= 0.6 is 12.6 Å². The number of rotatable bonds is 0. The average molecular weight is 262 g/mol. The van der Waals surface area contributed by atoms with E-state index in [0.29, 0.717) is 23.4 Å². The molecule has 0 aromatic carbocycles. The molecule has 1 saturated heterocycles. The quantitative estimate of drug-likeness (QED) is 0.628. The maximum Gasteiger partial charge on any atom is 0.243 e. The minimum absolute atomic E-state index is 0.304. The highest BCUT2D eigenvalue weighted by atomic mass is 32.1. The smallest absolute Gasteiger partial charge is 0.243 e. The standard InChI is InChI=1S/C12H14N4OS/c1-16-4-2-12(3-5-16)8(6-13)10(17)15-11(18)9(12)7-14/h8,18H,2-5H2,1H3,(H,15,17). The van der Waals surface area contributed by atoms with Gasteiger partial charge < -0.3 is 10.2 Å². The zero-order chi connectivity index (χ0) is 13.3. The van der Waals surface area contributed by atoms with E-state index in [4.69, 9.17) is 0 Å². The van der Waals surface area contributed by atoms with Gasteiger partial charge in [0.2, 0.25) is 5.91 Å². The molecule has 0 aromatic rings. The van der Waals surface area contributed by atoms with Crippen LogP contribution in [0.3, 0.4) is 0 Å². The Morgan fingerprint density at radius 3 is 2.56 bits per heavy atom. The Morgan fingerprint density at radius 2 is 2.06 bits per heavy atom. The van der Waals surface area contributed by atoms with E-state index in [2.05, 4.69) is 35.0 Å². The largest absolute Gasteiger partial charge is 0.319 e. The lowest BCUT2D eigenvalue weighted by Gasteiger charge is -2.45. The predicted molar refractivity (Wildman–Crippen MR) is 68.0 cm³/mol. The van der Waals surface area contributed by atoms with Gasteiger partial charge >= 0.3 is 0 Å². The number of hydrogen-bond donors (Lipinski definition) is 2. The second kappa shape index (κ2) is 4.64. The normalized spacial score (nSPS) is 27.6. The van der Waals surface area contributed by atoms with Crippen molar-refractivity contribution in [2.75, 3.05) is 20.1 Å². The van der Waals surface area contributed by atoms with E-state index < -0.39 is 11.3 Å². The topological polar surface area (TPSA) is 79.9 Å². The van der Waals surface area contributed by atoms with Gasteiger partial charge in [0.25, 0.3) is 0 Å². The van der Waals surface area contributed by atoms with E-state index in [1.54, 1.807) is 0 Å². The van der Waals surface area contributed by atoms with Crippen molar-refractivity contribution in [3.63, 3.8) is 0 Å². The van der Waals surface area contributed by atoms with Crippen molar-refractivity contribution in [1.82, 2.24) is 10.2 Å². The third-order valence-electron chi connectivity index (χ3n) is 3.91. The van der Waals surface area contributed by atoms with Crippen molar-refractivity contribution in [2.45, 2.75) is 12.8 Å². The van der Waals surface area contributed by atoms with Gasteiger partial charge in [-0.05, 0) is 33.0 Å². The Hall–Kier alpha value is -1.50. The van der Waals surface area contributed by atoms with Gasteiger partial charge in [-0.1, -0.05) is 0 Å². The first kappa shape index (κ1) is 12.9. The minimum atomic E-state index is -0.795. The molecular formula is C12H14N4OS. The predicted octanol–water partition coefficient (Wildman–Crippen LogP) is 0.633. The lowest BCUT2D eigenvalue weighted by molar-refractivity contribution is -0.127. The SMILES string of the molecule is CN1CCC2(CC1)C(C#N)=C(S)NC(=O)C2C#N. The first-order chi connectivity index (χ1) is 8.55. The van der Waals surface area contributed by atoms with Crippen LogP contribution in [-0.2, 0) is 4.79 Å². The number of allylic oxidation sites excluding steroid dienone is 1. The number of likely N-dealkylation sites (tertiary alicyclic amines) is 1. The third kappa shape index (κ3) is 1.78. The zero-order valence-corrected chi connectivity index (χ0v) is 11.0. The summed E-state index contributed by atoms with van der Waals surface area (Å²) in [6.45, 7) is 1.55. The number of hydrogen-bond acceptors (Lipinski definition) is 5. The van der Waals surface area contributed by atoms with Crippen molar-refractivity contribution in [3.8, 4) is 12.1 Å². The number of amides is 1. The van der Waals surface area contributed by atoms with Gasteiger partial charge in [-0.15, -0.1) is 12.6 Å². The third-order valence-corrected chi connectivity index (χ3v) is 4.25. The first-order valence-corrected chi connectivity index (χ1v) is 6.22. The summed E-state index contributed by atoms with van der Waals surface area (Å²) in [7, 11) is 1.99. The summed E-state index contributed by atoms with van der Waals surface area (Å²) in [4.78, 5) is 14.1. The summed E-state index contributed by atoms with van der Waals surface area (Å²) in [6.07, 6.45) is 1.28. The Bertz CT molecular complexity index is 491. The number of piperidine rings is 1. The van der Waals surface area contributed by atoms with Gasteiger partial charge in [0.1, 0.15) is 5.92 Å². The number of nitrogens with one attached hydrogen (secondary N) is 1. The summed E-state index contributed by atoms with van der Waals surface area (Å²) in [5, 5.41) is 21.4. The van der Waals surface area contributed by atoms with Crippen LogP contribution < -0.4 is 5.32 Å². The van der Waals surface area contributed by atoms with Crippen LogP contribution in [0.15, 0.2) is 10.6 Å². The van der Waals surface area contributed by atoms with Crippen molar-refractivity contribution < 1.29 is 4.79 Å². The molecule has 18 heavy (non-hydrogen) atoms. The molecule has 0 aromatic heterocycles. The van der Waals surface area contributed by atoms with Crippen LogP contribution in [-0.4, -0.2) is 30.9 Å². The van der Waals surface area contributed by atoms with E-state index >= 15 is 0 Å². The molecule has 2 aliphatic rings. The molecular weight excluding hydrogens is 248 g/mol. The van der Waals surface area contributed by atoms with Crippen molar-refractivity contribution in [3.05, 3.63) is 10.6 Å². The first-order valence-electron chi connectivity index (χ1n) is 5.78. The molecule has 0 aliphatic carbocycles. The summed E-state index contributed by atoms with van der Waals surface area (Å²) in [5.41, 5.74) is -0.208. The van der Waals surface area contributed by atoms with E-state index in [9.17, 15) is 15.3 Å². The molecule has 1 fully saturated rings. The van der Waals surface area contributed by atoms with Gasteiger partial charge in [0, 0.05) is 5.41 Å². The molecule has 2 rings (SSSR count). The monoisotopic (exact) mass is 262 g/mol. The molecule has 0 bridgehead atoms. The Balaban J connectivity index is 2.51. The van der Waals surface area contributed by atoms with Crippen molar-refractivity contribution >= 4 is 18.5 Å². The van der Waals surface area contributed by atoms with Gasteiger partial charge in [0.15, 0.2) is 0 Å². The minimum Gasteiger partial charge on any atom is -0.319 e. The fraction of sp³-hybridized carbons (Fsp3) is 0.583. The highest BCUT2D eigenvalue weighted by molar-refractivity contribution is 7.84. The summed E-state index contributed by atoms with van der Waals surface area (Å²) >= 11 is 4.18. The molecule has 1 unspecified atom stereocenters. The molecule has 6 heteroatoms. The van der Waals surface area contributed by atoms with E-state index in [1.165, 1.54) is 0 Å². The maximum absolute atomic E-state index is 11.9. The highest BCUT2D eigenvalue weighted by Gasteiger charge is 2.51. The molecule has 2 heterocycles. The number of nitrogens with zero attached hydrogens (tertiary/aromatic N) is 3. The number of carbonyl (C=O) groups is 1. The Morgan fingerprint density at radius 1 is 1.44 bits per heavy atom. The van der Waals surface area contributed by atoms with E-state index in [0.717, 1.165) is 13.1 Å². The van der Waals surface area contributed by atoms with Gasteiger partial charge in [0.05, 0.1) is 22.7 Å². The number of nitriles is 2. The van der Waals surface area contributed by atoms with E-state index in [-0.39, 0.29) is 5.91 Å². The fourth-order valence-electron chi connectivity index (χ4n) is 2.79. The second-order valence-corrected chi connectivity index (χ2v) is 5.29. The van der Waals surface area contributed by atoms with Crippen LogP contribution in [0.2, 0.25) is 0 Å². The van der Waals surface area contributed by atoms with Crippen molar-refractivity contribution in [1.29, 1.82) is 10.5 Å². The lowest BCUT2D eigenvalue weighted by Crippen LogP contribution is -2.51. The second-order valence-electron chi connectivity index (χ2n) is 4.85. The Labute approximate surface area is 111 Å². The number of carbonyl (C=O) groups excluding carboxylic acids is 1. The average Bonchev–Trinajstić information content (AvgIpc) is 2.33. The molecule has 2 aliphatic heterocycles. The zero-order valence-electron chi connectivity index (χ0n) is 10.1. The van der Waals surface area contributed by atoms with Crippen LogP contribution in [0.1, 0.15) is 12.8 Å². The van der Waals surface area contributed by atoms with E-state index in [1.807, 2.05) is 7.05 Å². The molecule has 1 atom stereocenters. The summed E-state index contributed by atoms with van der Waals surface area (Å²) in [6, 6.07) is 4.20. The van der Waals surface area contributed by atoms with Gasteiger partial charge in [-0.25, -0.2) is 0 Å². The highest BCUT2D eigenvalue weighted by Crippen LogP contribution is 2.48. The maximum atomic E-state index is 11.9.